The number of rotatable bonds is 5. The molecule has 0 aliphatic heterocycles. The molecule has 1 rings (SSSR count). The van der Waals surface area contributed by atoms with Crippen LogP contribution in [-0.4, -0.2) is 25.3 Å². The van der Waals surface area contributed by atoms with E-state index in [2.05, 4.69) is 39.9 Å². The highest BCUT2D eigenvalue weighted by Crippen LogP contribution is 2.36. The molecule has 0 spiro atoms. The van der Waals surface area contributed by atoms with Crippen LogP contribution >= 0.6 is 0 Å². The topological polar surface area (TPSA) is 21.3 Å². The Kier molecular flexibility index (Phi) is 6.65. The summed E-state index contributed by atoms with van der Waals surface area (Å²) in [5, 5.41) is 3.74. The van der Waals surface area contributed by atoms with Crippen molar-refractivity contribution in [2.45, 2.75) is 78.8 Å². The summed E-state index contributed by atoms with van der Waals surface area (Å²) in [5.74, 6) is 0.895. The smallest absolute Gasteiger partial charge is 0.0616 e. The van der Waals surface area contributed by atoms with Gasteiger partial charge < -0.3 is 10.1 Å². The van der Waals surface area contributed by atoms with E-state index in [1.54, 1.807) is 0 Å². The fourth-order valence-electron chi connectivity index (χ4n) is 3.08. The minimum atomic E-state index is 0.478. The van der Waals surface area contributed by atoms with Crippen LogP contribution in [-0.2, 0) is 4.74 Å². The van der Waals surface area contributed by atoms with Crippen molar-refractivity contribution in [2.24, 2.45) is 11.3 Å². The molecule has 1 fully saturated rings. The Morgan fingerprint density at radius 1 is 1.17 bits per heavy atom. The number of hydrogen-bond donors (Lipinski definition) is 1. The van der Waals surface area contributed by atoms with Crippen molar-refractivity contribution in [1.29, 1.82) is 0 Å². The predicted molar refractivity (Wildman–Crippen MR) is 78.9 cm³/mol. The molecule has 0 aromatic heterocycles. The SMILES string of the molecule is CCOCC(C)NC1CCCC(C(C)(C)C)CC1. The molecule has 0 aromatic carbocycles. The van der Waals surface area contributed by atoms with Gasteiger partial charge in [-0.3, -0.25) is 0 Å². The average molecular weight is 255 g/mol. The van der Waals surface area contributed by atoms with Gasteiger partial charge in [0.2, 0.25) is 0 Å². The van der Waals surface area contributed by atoms with E-state index in [0.29, 0.717) is 17.5 Å². The Balaban J connectivity index is 2.33. The third-order valence-corrected chi connectivity index (χ3v) is 4.29. The molecule has 1 N–H and O–H groups in total. The minimum absolute atomic E-state index is 0.478. The molecule has 0 heterocycles. The molecule has 0 aromatic rings. The molecular formula is C16H33NO. The maximum absolute atomic E-state index is 5.48. The Morgan fingerprint density at radius 3 is 2.50 bits per heavy atom. The van der Waals surface area contributed by atoms with Crippen molar-refractivity contribution in [2.75, 3.05) is 13.2 Å². The summed E-state index contributed by atoms with van der Waals surface area (Å²) >= 11 is 0. The van der Waals surface area contributed by atoms with Gasteiger partial charge in [0.05, 0.1) is 6.61 Å². The molecule has 0 amide bonds. The van der Waals surface area contributed by atoms with E-state index in [-0.39, 0.29) is 0 Å². The third-order valence-electron chi connectivity index (χ3n) is 4.29. The second-order valence-electron chi connectivity index (χ2n) is 7.00. The Hall–Kier alpha value is -0.0800. The van der Waals surface area contributed by atoms with Crippen molar-refractivity contribution < 1.29 is 4.74 Å². The van der Waals surface area contributed by atoms with Gasteiger partial charge >= 0.3 is 0 Å². The third kappa shape index (κ3) is 5.71. The first kappa shape index (κ1) is 16.0. The van der Waals surface area contributed by atoms with Crippen LogP contribution in [0.25, 0.3) is 0 Å². The monoisotopic (exact) mass is 255 g/mol. The molecule has 2 nitrogen and oxygen atoms in total. The highest BCUT2D eigenvalue weighted by molar-refractivity contribution is 4.82. The summed E-state index contributed by atoms with van der Waals surface area (Å²) in [6, 6.07) is 1.19. The lowest BCUT2D eigenvalue weighted by atomic mass is 9.76. The van der Waals surface area contributed by atoms with Gasteiger partial charge in [-0.1, -0.05) is 27.2 Å². The molecule has 0 bridgehead atoms. The molecule has 0 saturated heterocycles. The van der Waals surface area contributed by atoms with Gasteiger partial charge in [-0.05, 0) is 50.9 Å². The fraction of sp³-hybridized carbons (Fsp3) is 1.00. The van der Waals surface area contributed by atoms with Crippen molar-refractivity contribution >= 4 is 0 Å². The lowest BCUT2D eigenvalue weighted by Gasteiger charge is -2.30. The molecule has 1 aliphatic carbocycles. The maximum atomic E-state index is 5.48. The molecule has 3 atom stereocenters. The van der Waals surface area contributed by atoms with Crippen LogP contribution in [0.3, 0.4) is 0 Å². The van der Waals surface area contributed by atoms with E-state index < -0.39 is 0 Å². The van der Waals surface area contributed by atoms with Gasteiger partial charge in [-0.25, -0.2) is 0 Å². The molecule has 3 unspecified atom stereocenters. The van der Waals surface area contributed by atoms with Gasteiger partial charge in [-0.2, -0.15) is 0 Å². The van der Waals surface area contributed by atoms with Gasteiger partial charge in [0.15, 0.2) is 0 Å². The van der Waals surface area contributed by atoms with E-state index in [9.17, 15) is 0 Å². The Labute approximate surface area is 114 Å². The van der Waals surface area contributed by atoms with E-state index in [1.165, 1.54) is 32.1 Å². The number of nitrogens with one attached hydrogen (secondary N) is 1. The summed E-state index contributed by atoms with van der Waals surface area (Å²) < 4.78 is 5.48. The molecule has 108 valence electrons. The molecule has 0 radical (unpaired) electrons. The molecule has 18 heavy (non-hydrogen) atoms. The second-order valence-corrected chi connectivity index (χ2v) is 7.00. The van der Waals surface area contributed by atoms with Crippen LogP contribution in [0.15, 0.2) is 0 Å². The summed E-state index contributed by atoms with van der Waals surface area (Å²) in [5.41, 5.74) is 0.478. The molecule has 1 aliphatic rings. The van der Waals surface area contributed by atoms with E-state index >= 15 is 0 Å². The maximum Gasteiger partial charge on any atom is 0.0616 e. The van der Waals surface area contributed by atoms with Crippen LogP contribution in [0.4, 0.5) is 0 Å². The van der Waals surface area contributed by atoms with Crippen molar-refractivity contribution in [3.05, 3.63) is 0 Å². The van der Waals surface area contributed by atoms with E-state index in [0.717, 1.165) is 19.1 Å². The van der Waals surface area contributed by atoms with Crippen LogP contribution < -0.4 is 5.32 Å². The largest absolute Gasteiger partial charge is 0.380 e. The highest BCUT2D eigenvalue weighted by Gasteiger charge is 2.27. The Bertz CT molecular complexity index is 222. The lowest BCUT2D eigenvalue weighted by molar-refractivity contribution is 0.122. The van der Waals surface area contributed by atoms with Gasteiger partial charge in [0.25, 0.3) is 0 Å². The summed E-state index contributed by atoms with van der Waals surface area (Å²) in [7, 11) is 0. The van der Waals surface area contributed by atoms with Crippen LogP contribution in [0, 0.1) is 11.3 Å². The molecular weight excluding hydrogens is 222 g/mol. The van der Waals surface area contributed by atoms with Crippen LogP contribution in [0.1, 0.15) is 66.7 Å². The van der Waals surface area contributed by atoms with E-state index in [1.807, 2.05) is 0 Å². The van der Waals surface area contributed by atoms with Crippen LogP contribution in [0.5, 0.6) is 0 Å². The highest BCUT2D eigenvalue weighted by atomic mass is 16.5. The first-order valence-electron chi connectivity index (χ1n) is 7.77. The minimum Gasteiger partial charge on any atom is -0.380 e. The summed E-state index contributed by atoms with van der Waals surface area (Å²) in [6.07, 6.45) is 6.83. The quantitative estimate of drug-likeness (QED) is 0.750. The first-order chi connectivity index (χ1) is 8.43. The zero-order chi connectivity index (χ0) is 13.6. The summed E-state index contributed by atoms with van der Waals surface area (Å²) in [4.78, 5) is 0. The number of ether oxygens (including phenoxy) is 1. The van der Waals surface area contributed by atoms with Crippen molar-refractivity contribution in [3.63, 3.8) is 0 Å². The normalized spacial score (nSPS) is 27.8. The molecule has 2 heteroatoms. The zero-order valence-corrected chi connectivity index (χ0v) is 13.1. The zero-order valence-electron chi connectivity index (χ0n) is 13.1. The average Bonchev–Trinajstić information content (AvgIpc) is 2.51. The lowest BCUT2D eigenvalue weighted by Crippen LogP contribution is -2.39. The predicted octanol–water partition coefficient (Wildman–Crippen LogP) is 4.00. The molecule has 1 saturated carbocycles. The van der Waals surface area contributed by atoms with Crippen molar-refractivity contribution in [1.82, 2.24) is 5.32 Å². The second kappa shape index (κ2) is 7.49. The van der Waals surface area contributed by atoms with E-state index in [4.69, 9.17) is 4.74 Å². The van der Waals surface area contributed by atoms with Gasteiger partial charge in [0.1, 0.15) is 0 Å². The standard InChI is InChI=1S/C16H33NO/c1-6-18-12-13(2)17-15-9-7-8-14(10-11-15)16(3,4)5/h13-15,17H,6-12H2,1-5H3. The summed E-state index contributed by atoms with van der Waals surface area (Å²) in [6.45, 7) is 13.1. The fourth-order valence-corrected chi connectivity index (χ4v) is 3.08. The van der Waals surface area contributed by atoms with Crippen molar-refractivity contribution in [3.8, 4) is 0 Å². The van der Waals surface area contributed by atoms with Gasteiger partial charge in [0, 0.05) is 18.7 Å². The Morgan fingerprint density at radius 2 is 1.89 bits per heavy atom. The van der Waals surface area contributed by atoms with Crippen LogP contribution in [0.2, 0.25) is 0 Å². The number of hydrogen-bond acceptors (Lipinski definition) is 2. The van der Waals surface area contributed by atoms with Gasteiger partial charge in [-0.15, -0.1) is 0 Å². The first-order valence-corrected chi connectivity index (χ1v) is 7.77.